The van der Waals surface area contributed by atoms with Gasteiger partial charge in [-0.05, 0) is 38.3 Å². The van der Waals surface area contributed by atoms with E-state index in [0.717, 1.165) is 12.1 Å². The van der Waals surface area contributed by atoms with E-state index < -0.39 is 5.91 Å². The summed E-state index contributed by atoms with van der Waals surface area (Å²) in [6.07, 6.45) is 3.43. The largest absolute Gasteiger partial charge is 0.396 e. The highest BCUT2D eigenvalue weighted by molar-refractivity contribution is 6.01. The maximum Gasteiger partial charge on any atom is 0.250 e. The fraction of sp³-hybridized carbons (Fsp3) is 0.500. The van der Waals surface area contributed by atoms with Crippen LogP contribution >= 0.6 is 0 Å². The summed E-state index contributed by atoms with van der Waals surface area (Å²) in [7, 11) is 0. The van der Waals surface area contributed by atoms with Crippen LogP contribution in [0.3, 0.4) is 0 Å². The van der Waals surface area contributed by atoms with Crippen LogP contribution in [0.2, 0.25) is 0 Å². The van der Waals surface area contributed by atoms with Crippen LogP contribution in [-0.2, 0) is 0 Å². The highest BCUT2D eigenvalue weighted by atomic mass is 16.1. The number of carbonyl (C=O) groups excluding carboxylic acids is 1. The Labute approximate surface area is 108 Å². The molecule has 1 aliphatic rings. The Morgan fingerprint density at radius 2 is 2.17 bits per heavy atom. The van der Waals surface area contributed by atoms with E-state index in [2.05, 4.69) is 18.7 Å². The lowest BCUT2D eigenvalue weighted by molar-refractivity contribution is 0.100. The van der Waals surface area contributed by atoms with Crippen LogP contribution in [0.4, 0.5) is 11.4 Å². The van der Waals surface area contributed by atoms with Crippen molar-refractivity contribution in [1.82, 2.24) is 0 Å². The average Bonchev–Trinajstić information content (AvgIpc) is 2.70. The summed E-state index contributed by atoms with van der Waals surface area (Å²) >= 11 is 0. The number of rotatable bonds is 3. The second-order valence-corrected chi connectivity index (χ2v) is 5.00. The molecule has 4 nitrogen and oxygen atoms in total. The topological polar surface area (TPSA) is 72.3 Å². The van der Waals surface area contributed by atoms with E-state index in [4.69, 9.17) is 11.5 Å². The van der Waals surface area contributed by atoms with Crippen LogP contribution in [-0.4, -0.2) is 18.0 Å². The van der Waals surface area contributed by atoms with E-state index in [1.165, 1.54) is 12.8 Å². The lowest BCUT2D eigenvalue weighted by atomic mass is 10.1. The molecule has 98 valence electrons. The van der Waals surface area contributed by atoms with Crippen molar-refractivity contribution in [2.75, 3.05) is 10.6 Å². The van der Waals surface area contributed by atoms with Gasteiger partial charge in [-0.1, -0.05) is 13.0 Å². The summed E-state index contributed by atoms with van der Waals surface area (Å²) in [5.74, 6) is -0.464. The molecule has 1 aromatic rings. The van der Waals surface area contributed by atoms with Gasteiger partial charge in [0.15, 0.2) is 0 Å². The zero-order chi connectivity index (χ0) is 13.3. The van der Waals surface area contributed by atoms with Gasteiger partial charge in [0, 0.05) is 12.1 Å². The van der Waals surface area contributed by atoms with E-state index in [9.17, 15) is 4.79 Å². The summed E-state index contributed by atoms with van der Waals surface area (Å²) in [5.41, 5.74) is 13.3. The second-order valence-electron chi connectivity index (χ2n) is 5.00. The van der Waals surface area contributed by atoms with E-state index in [1.54, 1.807) is 6.07 Å². The predicted octanol–water partition coefficient (Wildman–Crippen LogP) is 2.14. The molecule has 2 rings (SSSR count). The number of carbonyl (C=O) groups is 1. The number of nitrogens with zero attached hydrogens (tertiary/aromatic N) is 1. The lowest BCUT2D eigenvalue weighted by Crippen LogP contribution is -2.35. The van der Waals surface area contributed by atoms with Crippen molar-refractivity contribution in [3.8, 4) is 0 Å². The molecule has 1 amide bonds. The molecule has 4 N–H and O–H groups in total. The van der Waals surface area contributed by atoms with Gasteiger partial charge in [-0.25, -0.2) is 0 Å². The van der Waals surface area contributed by atoms with Crippen molar-refractivity contribution < 1.29 is 4.79 Å². The van der Waals surface area contributed by atoms with Gasteiger partial charge in [0.2, 0.25) is 0 Å². The van der Waals surface area contributed by atoms with Crippen LogP contribution in [0.15, 0.2) is 18.2 Å². The number of amides is 1. The van der Waals surface area contributed by atoms with Crippen molar-refractivity contribution >= 4 is 17.3 Å². The highest BCUT2D eigenvalue weighted by Crippen LogP contribution is 2.36. The third kappa shape index (κ3) is 2.03. The van der Waals surface area contributed by atoms with Crippen molar-refractivity contribution in [2.45, 2.75) is 45.2 Å². The monoisotopic (exact) mass is 247 g/mol. The van der Waals surface area contributed by atoms with E-state index in [-0.39, 0.29) is 0 Å². The fourth-order valence-electron chi connectivity index (χ4n) is 2.90. The number of anilines is 2. The number of para-hydroxylation sites is 1. The number of hydrogen-bond acceptors (Lipinski definition) is 3. The molecular weight excluding hydrogens is 226 g/mol. The molecule has 18 heavy (non-hydrogen) atoms. The van der Waals surface area contributed by atoms with Crippen LogP contribution in [0.5, 0.6) is 0 Å². The molecule has 0 aromatic heterocycles. The van der Waals surface area contributed by atoms with E-state index in [1.807, 2.05) is 12.1 Å². The first-order valence-corrected chi connectivity index (χ1v) is 6.52. The molecule has 0 radical (unpaired) electrons. The molecule has 0 aliphatic carbocycles. The molecule has 0 spiro atoms. The third-order valence-electron chi connectivity index (χ3n) is 3.88. The maximum absolute atomic E-state index is 11.3. The molecule has 4 heteroatoms. The zero-order valence-electron chi connectivity index (χ0n) is 11.0. The first-order valence-electron chi connectivity index (χ1n) is 6.52. The molecule has 0 saturated carbocycles. The summed E-state index contributed by atoms with van der Waals surface area (Å²) in [6, 6.07) is 6.48. The lowest BCUT2D eigenvalue weighted by Gasteiger charge is -2.31. The van der Waals surface area contributed by atoms with Gasteiger partial charge < -0.3 is 16.4 Å². The summed E-state index contributed by atoms with van der Waals surface area (Å²) in [4.78, 5) is 13.7. The molecule has 1 aromatic carbocycles. The van der Waals surface area contributed by atoms with Gasteiger partial charge in [0.05, 0.1) is 16.9 Å². The second kappa shape index (κ2) is 4.88. The van der Waals surface area contributed by atoms with Crippen LogP contribution < -0.4 is 16.4 Å². The quantitative estimate of drug-likeness (QED) is 0.804. The first-order chi connectivity index (χ1) is 8.56. The Balaban J connectivity index is 2.44. The van der Waals surface area contributed by atoms with Crippen LogP contribution in [0.25, 0.3) is 0 Å². The van der Waals surface area contributed by atoms with Gasteiger partial charge in [-0.15, -0.1) is 0 Å². The number of primary amides is 1. The minimum Gasteiger partial charge on any atom is -0.396 e. The SMILES string of the molecule is CCC1CCC(C)N1c1cccc(C(N)=O)c1N. The minimum absolute atomic E-state index is 0.418. The summed E-state index contributed by atoms with van der Waals surface area (Å²) in [5, 5.41) is 0. The van der Waals surface area contributed by atoms with Gasteiger partial charge in [0.1, 0.15) is 0 Å². The summed E-state index contributed by atoms with van der Waals surface area (Å²) in [6.45, 7) is 4.38. The average molecular weight is 247 g/mol. The standard InChI is InChI=1S/C14H21N3O/c1-3-10-8-7-9(2)17(10)12-6-4-5-11(13(12)15)14(16)18/h4-6,9-10H,3,7-8,15H2,1-2H3,(H2,16,18). The van der Waals surface area contributed by atoms with E-state index >= 15 is 0 Å². The molecule has 1 fully saturated rings. The fourth-order valence-corrected chi connectivity index (χ4v) is 2.90. The predicted molar refractivity (Wildman–Crippen MR) is 74.6 cm³/mol. The molecular formula is C14H21N3O. The first kappa shape index (κ1) is 12.7. The maximum atomic E-state index is 11.3. The Kier molecular flexibility index (Phi) is 3.45. The number of hydrogen-bond donors (Lipinski definition) is 2. The summed E-state index contributed by atoms with van der Waals surface area (Å²) < 4.78 is 0. The minimum atomic E-state index is -0.464. The van der Waals surface area contributed by atoms with Crippen molar-refractivity contribution in [3.05, 3.63) is 23.8 Å². The van der Waals surface area contributed by atoms with Crippen LogP contribution in [0, 0.1) is 0 Å². The Hall–Kier alpha value is -1.71. The highest BCUT2D eigenvalue weighted by Gasteiger charge is 2.31. The molecule has 2 atom stereocenters. The molecule has 2 unspecified atom stereocenters. The number of nitrogens with two attached hydrogens (primary N) is 2. The third-order valence-corrected chi connectivity index (χ3v) is 3.88. The Morgan fingerprint density at radius 1 is 1.44 bits per heavy atom. The molecule has 1 aliphatic heterocycles. The van der Waals surface area contributed by atoms with E-state index in [0.29, 0.717) is 23.3 Å². The number of benzene rings is 1. The zero-order valence-corrected chi connectivity index (χ0v) is 11.0. The van der Waals surface area contributed by atoms with Crippen molar-refractivity contribution in [2.24, 2.45) is 5.73 Å². The van der Waals surface area contributed by atoms with Gasteiger partial charge in [-0.3, -0.25) is 4.79 Å². The van der Waals surface area contributed by atoms with Gasteiger partial charge in [-0.2, -0.15) is 0 Å². The molecule has 1 heterocycles. The molecule has 0 bridgehead atoms. The normalized spacial score (nSPS) is 23.3. The van der Waals surface area contributed by atoms with Gasteiger partial charge in [0.25, 0.3) is 5.91 Å². The molecule has 1 saturated heterocycles. The Morgan fingerprint density at radius 3 is 2.78 bits per heavy atom. The van der Waals surface area contributed by atoms with Crippen molar-refractivity contribution in [3.63, 3.8) is 0 Å². The number of nitrogen functional groups attached to an aromatic ring is 1. The van der Waals surface area contributed by atoms with Crippen molar-refractivity contribution in [1.29, 1.82) is 0 Å². The van der Waals surface area contributed by atoms with Gasteiger partial charge >= 0.3 is 0 Å². The van der Waals surface area contributed by atoms with Crippen LogP contribution in [0.1, 0.15) is 43.5 Å². The Bertz CT molecular complexity index is 458. The smallest absolute Gasteiger partial charge is 0.250 e.